The predicted octanol–water partition coefficient (Wildman–Crippen LogP) is 5.86. The van der Waals surface area contributed by atoms with E-state index in [9.17, 15) is 0 Å². The number of hydrogen-bond donors (Lipinski definition) is 3. The molecule has 0 aliphatic heterocycles. The molecule has 4 nitrogen and oxygen atoms in total. The molecule has 0 atom stereocenters. The minimum absolute atomic E-state index is 1.05. The van der Waals surface area contributed by atoms with E-state index < -0.39 is 0 Å². The van der Waals surface area contributed by atoms with Gasteiger partial charge in [0.1, 0.15) is 0 Å². The molecule has 0 fully saturated rings. The maximum absolute atomic E-state index is 3.66. The molecule has 0 aromatic heterocycles. The predicted molar refractivity (Wildman–Crippen MR) is 183 cm³/mol. The largest absolute Gasteiger partial charge is 0.315 e. The van der Waals surface area contributed by atoms with Gasteiger partial charge in [0.05, 0.1) is 0 Å². The summed E-state index contributed by atoms with van der Waals surface area (Å²) in [7, 11) is 0. The van der Waals surface area contributed by atoms with Gasteiger partial charge in [-0.25, -0.2) is 0 Å². The van der Waals surface area contributed by atoms with E-state index >= 15 is 0 Å². The second kappa shape index (κ2) is 23.1. The van der Waals surface area contributed by atoms with E-state index in [0.717, 1.165) is 93.4 Å². The van der Waals surface area contributed by atoms with Gasteiger partial charge in [0.15, 0.2) is 0 Å². The van der Waals surface area contributed by atoms with Crippen molar-refractivity contribution in [3.05, 3.63) is 108 Å². The molecule has 0 spiro atoms. The Labute approximate surface area is 256 Å². The zero-order chi connectivity index (χ0) is 27.8. The minimum Gasteiger partial charge on any atom is -0.315 e. The molecule has 0 saturated heterocycles. The van der Waals surface area contributed by atoms with Crippen molar-refractivity contribution in [1.29, 1.82) is 0 Å². The zero-order valence-electron chi connectivity index (χ0n) is 23.9. The van der Waals surface area contributed by atoms with E-state index in [4.69, 9.17) is 0 Å². The van der Waals surface area contributed by atoms with Crippen LogP contribution in [0.5, 0.6) is 0 Å². The summed E-state index contributed by atoms with van der Waals surface area (Å²) in [5.41, 5.74) is 4.24. The van der Waals surface area contributed by atoms with Crippen molar-refractivity contribution in [2.24, 2.45) is 0 Å². The lowest BCUT2D eigenvalue weighted by molar-refractivity contribution is 0.274. The number of nitrogens with one attached hydrogen (secondary N) is 3. The Bertz CT molecular complexity index is 836. The van der Waals surface area contributed by atoms with Gasteiger partial charge in [0, 0.05) is 93.4 Å². The molecule has 0 saturated carbocycles. The standard InChI is InChI=1S/C33H48N4S3/c1-4-10-31(11-5-1)28-38-25-19-34-16-22-37(23-17-35-20-26-39-29-32-12-6-2-7-13-32)24-18-36-21-27-40-30-33-14-8-3-9-15-33/h1-15,34-36H,16-30H2. The molecular formula is C33H48N4S3. The number of benzene rings is 3. The second-order valence-corrected chi connectivity index (χ2v) is 13.0. The fourth-order valence-corrected chi connectivity index (χ4v) is 6.73. The molecule has 0 unspecified atom stereocenters. The summed E-state index contributed by atoms with van der Waals surface area (Å²) in [6, 6.07) is 32.3. The Balaban J connectivity index is 1.23. The van der Waals surface area contributed by atoms with Gasteiger partial charge in [-0.05, 0) is 16.7 Å². The van der Waals surface area contributed by atoms with Crippen molar-refractivity contribution in [2.75, 3.05) is 76.2 Å². The molecule has 0 amide bonds. The zero-order valence-corrected chi connectivity index (χ0v) is 26.4. The first-order valence-corrected chi connectivity index (χ1v) is 18.1. The third kappa shape index (κ3) is 16.7. The Morgan fingerprint density at radius 2 is 0.700 bits per heavy atom. The van der Waals surface area contributed by atoms with Crippen LogP contribution in [0, 0.1) is 0 Å². The van der Waals surface area contributed by atoms with Gasteiger partial charge < -0.3 is 16.0 Å². The molecule has 0 aliphatic carbocycles. The summed E-state index contributed by atoms with van der Waals surface area (Å²) in [5.74, 6) is 6.75. The average molecular weight is 597 g/mol. The van der Waals surface area contributed by atoms with Crippen molar-refractivity contribution in [1.82, 2.24) is 20.9 Å². The lowest BCUT2D eigenvalue weighted by atomic mass is 10.2. The lowest BCUT2D eigenvalue weighted by Crippen LogP contribution is -2.41. The fourth-order valence-electron chi connectivity index (χ4n) is 4.15. The second-order valence-electron chi connectivity index (χ2n) is 9.71. The number of nitrogens with zero attached hydrogens (tertiary/aromatic N) is 1. The van der Waals surface area contributed by atoms with Crippen molar-refractivity contribution < 1.29 is 0 Å². The van der Waals surface area contributed by atoms with Gasteiger partial charge in [0.25, 0.3) is 0 Å². The smallest absolute Gasteiger partial charge is 0.0185 e. The van der Waals surface area contributed by atoms with Crippen LogP contribution in [-0.2, 0) is 17.3 Å². The first kappa shape index (κ1) is 33.1. The maximum Gasteiger partial charge on any atom is 0.0185 e. The molecular weight excluding hydrogens is 549 g/mol. The lowest BCUT2D eigenvalue weighted by Gasteiger charge is -2.23. The maximum atomic E-state index is 3.66. The normalized spacial score (nSPS) is 11.3. The molecule has 0 bridgehead atoms. The molecule has 3 rings (SSSR count). The van der Waals surface area contributed by atoms with E-state index in [1.807, 2.05) is 35.3 Å². The number of rotatable bonds is 24. The Hall–Kier alpha value is -1.45. The molecule has 0 radical (unpaired) electrons. The van der Waals surface area contributed by atoms with Crippen molar-refractivity contribution >= 4 is 35.3 Å². The molecule has 3 N–H and O–H groups in total. The van der Waals surface area contributed by atoms with Crippen molar-refractivity contribution in [3.63, 3.8) is 0 Å². The van der Waals surface area contributed by atoms with Crippen LogP contribution < -0.4 is 16.0 Å². The topological polar surface area (TPSA) is 39.3 Å². The minimum atomic E-state index is 1.05. The summed E-state index contributed by atoms with van der Waals surface area (Å²) >= 11 is 6.03. The summed E-state index contributed by atoms with van der Waals surface area (Å²) in [6.45, 7) is 9.63. The highest BCUT2D eigenvalue weighted by Gasteiger charge is 2.05. The van der Waals surface area contributed by atoms with E-state index in [2.05, 4.69) is 112 Å². The van der Waals surface area contributed by atoms with Crippen LogP contribution in [0.15, 0.2) is 91.0 Å². The first-order chi connectivity index (χ1) is 19.9. The van der Waals surface area contributed by atoms with E-state index in [1.165, 1.54) is 16.7 Å². The van der Waals surface area contributed by atoms with Crippen molar-refractivity contribution in [2.45, 2.75) is 17.3 Å². The Kier molecular flexibility index (Phi) is 19.1. The van der Waals surface area contributed by atoms with Crippen LogP contribution >= 0.6 is 35.3 Å². The van der Waals surface area contributed by atoms with Crippen LogP contribution in [0.1, 0.15) is 16.7 Å². The Morgan fingerprint density at radius 3 is 1.00 bits per heavy atom. The van der Waals surface area contributed by atoms with Crippen molar-refractivity contribution in [3.8, 4) is 0 Å². The van der Waals surface area contributed by atoms with Crippen LogP contribution in [0.25, 0.3) is 0 Å². The summed E-state index contributed by atoms with van der Waals surface area (Å²) in [6.07, 6.45) is 0. The van der Waals surface area contributed by atoms with Gasteiger partial charge in [-0.2, -0.15) is 35.3 Å². The molecule has 40 heavy (non-hydrogen) atoms. The van der Waals surface area contributed by atoms with E-state index in [1.54, 1.807) is 0 Å². The molecule has 7 heteroatoms. The molecule has 0 aliphatic rings. The number of thioether (sulfide) groups is 3. The summed E-state index contributed by atoms with van der Waals surface area (Å²) in [4.78, 5) is 2.60. The third-order valence-corrected chi connectivity index (χ3v) is 9.51. The van der Waals surface area contributed by atoms with Gasteiger partial charge in [-0.1, -0.05) is 91.0 Å². The van der Waals surface area contributed by atoms with Gasteiger partial charge in [-0.15, -0.1) is 0 Å². The van der Waals surface area contributed by atoms with E-state index in [-0.39, 0.29) is 0 Å². The molecule has 3 aromatic carbocycles. The molecule has 218 valence electrons. The Morgan fingerprint density at radius 1 is 0.400 bits per heavy atom. The van der Waals surface area contributed by atoms with Crippen LogP contribution in [-0.4, -0.2) is 81.1 Å². The summed E-state index contributed by atoms with van der Waals surface area (Å²) < 4.78 is 0. The van der Waals surface area contributed by atoms with Crippen LogP contribution in [0.3, 0.4) is 0 Å². The van der Waals surface area contributed by atoms with Crippen LogP contribution in [0.2, 0.25) is 0 Å². The first-order valence-electron chi connectivity index (χ1n) is 14.6. The molecule has 0 heterocycles. The van der Waals surface area contributed by atoms with E-state index in [0.29, 0.717) is 0 Å². The quantitative estimate of drug-likeness (QED) is 0.112. The van der Waals surface area contributed by atoms with Gasteiger partial charge >= 0.3 is 0 Å². The average Bonchev–Trinajstić information content (AvgIpc) is 3.00. The molecule has 3 aromatic rings. The third-order valence-electron chi connectivity index (χ3n) is 6.42. The monoisotopic (exact) mass is 596 g/mol. The SMILES string of the molecule is c1ccc(CSCCNCCN(CCNCCSCc2ccccc2)CCNCCSCc2ccccc2)cc1. The summed E-state index contributed by atoms with van der Waals surface area (Å²) in [5, 5.41) is 11.0. The highest BCUT2D eigenvalue weighted by molar-refractivity contribution is 7.98. The highest BCUT2D eigenvalue weighted by atomic mass is 32.2. The number of hydrogen-bond acceptors (Lipinski definition) is 7. The highest BCUT2D eigenvalue weighted by Crippen LogP contribution is 2.12. The fraction of sp³-hybridized carbons (Fsp3) is 0.455. The van der Waals surface area contributed by atoms with Crippen LogP contribution in [0.4, 0.5) is 0 Å². The van der Waals surface area contributed by atoms with Gasteiger partial charge in [0.2, 0.25) is 0 Å². The van der Waals surface area contributed by atoms with Gasteiger partial charge in [-0.3, -0.25) is 4.90 Å².